The zero-order valence-electron chi connectivity index (χ0n) is 4.72. The van der Waals surface area contributed by atoms with E-state index in [1.807, 2.05) is 0 Å². The van der Waals surface area contributed by atoms with Crippen LogP contribution in [0.4, 0.5) is 11.6 Å². The minimum absolute atomic E-state index is 0.177. The number of hydrogen-bond donors (Lipinski definition) is 3. The summed E-state index contributed by atoms with van der Waals surface area (Å²) in [4.78, 5) is 13.1. The van der Waals surface area contributed by atoms with E-state index in [2.05, 4.69) is 4.98 Å². The Morgan fingerprint density at radius 2 is 1.67 bits per heavy atom. The summed E-state index contributed by atoms with van der Waals surface area (Å²) in [5.41, 5.74) is 10.3. The average Bonchev–Trinajstić information content (AvgIpc) is 1.59. The number of aromatic nitrogens is 1. The Kier molecular flexibility index (Phi) is 1.14. The number of rotatable bonds is 0. The second kappa shape index (κ2) is 1.81. The van der Waals surface area contributed by atoms with Crippen LogP contribution in [0.1, 0.15) is 0 Å². The van der Waals surface area contributed by atoms with Crippen LogP contribution in [0.25, 0.3) is 0 Å². The highest BCUT2D eigenvalue weighted by Gasteiger charge is 1.88. The molecule has 0 atom stereocenters. The van der Waals surface area contributed by atoms with E-state index in [1.54, 1.807) is 0 Å². The Labute approximate surface area is 51.5 Å². The van der Waals surface area contributed by atoms with E-state index in [-0.39, 0.29) is 5.43 Å². The molecule has 0 spiro atoms. The first-order valence-corrected chi connectivity index (χ1v) is 2.44. The fourth-order valence-corrected chi connectivity index (χ4v) is 0.587. The van der Waals surface area contributed by atoms with Crippen LogP contribution in [0.2, 0.25) is 0 Å². The maximum atomic E-state index is 10.5. The molecule has 5 N–H and O–H groups in total. The van der Waals surface area contributed by atoms with Gasteiger partial charge in [0.2, 0.25) is 0 Å². The summed E-state index contributed by atoms with van der Waals surface area (Å²) in [6.07, 6.45) is 0. The van der Waals surface area contributed by atoms with Crippen molar-refractivity contribution >= 4 is 11.6 Å². The van der Waals surface area contributed by atoms with Crippen molar-refractivity contribution in [3.63, 3.8) is 0 Å². The smallest absolute Gasteiger partial charge is 0.185 e. The molecule has 0 unspecified atom stereocenters. The molecule has 1 rings (SSSR count). The minimum atomic E-state index is -0.177. The van der Waals surface area contributed by atoms with Crippen LogP contribution in [-0.2, 0) is 0 Å². The maximum Gasteiger partial charge on any atom is 0.185 e. The van der Waals surface area contributed by atoms with Gasteiger partial charge in [0.25, 0.3) is 0 Å². The van der Waals surface area contributed by atoms with Gasteiger partial charge in [0.1, 0.15) is 11.6 Å². The van der Waals surface area contributed by atoms with E-state index in [9.17, 15) is 4.79 Å². The molecule has 0 aliphatic heterocycles. The van der Waals surface area contributed by atoms with Crippen LogP contribution < -0.4 is 16.9 Å². The molecule has 0 radical (unpaired) electrons. The average molecular weight is 125 g/mol. The summed E-state index contributed by atoms with van der Waals surface area (Å²) in [5, 5.41) is 0. The highest BCUT2D eigenvalue weighted by atomic mass is 16.1. The maximum absolute atomic E-state index is 10.5. The number of nitrogen functional groups attached to an aromatic ring is 2. The lowest BCUT2D eigenvalue weighted by Crippen LogP contribution is -2.05. The van der Waals surface area contributed by atoms with Gasteiger partial charge in [-0.25, -0.2) is 0 Å². The fourth-order valence-electron chi connectivity index (χ4n) is 0.587. The predicted octanol–water partition coefficient (Wildman–Crippen LogP) is -0.461. The molecule has 1 aromatic heterocycles. The molecule has 0 aliphatic rings. The SMILES string of the molecule is Nc1cc(=O)cc(N)[nH]1. The largest absolute Gasteiger partial charge is 0.385 e. The third kappa shape index (κ3) is 1.22. The number of nitrogens with one attached hydrogen (secondary N) is 1. The van der Waals surface area contributed by atoms with Gasteiger partial charge in [-0.3, -0.25) is 4.79 Å². The van der Waals surface area contributed by atoms with Crippen molar-refractivity contribution in [1.29, 1.82) is 0 Å². The molecular formula is C5H7N3O. The molecule has 4 nitrogen and oxygen atoms in total. The molecule has 1 heterocycles. The minimum Gasteiger partial charge on any atom is -0.385 e. The Hall–Kier alpha value is -1.45. The Morgan fingerprint density at radius 3 is 2.00 bits per heavy atom. The van der Waals surface area contributed by atoms with Crippen molar-refractivity contribution < 1.29 is 0 Å². The first-order valence-electron chi connectivity index (χ1n) is 2.44. The van der Waals surface area contributed by atoms with Crippen LogP contribution >= 0.6 is 0 Å². The quantitative estimate of drug-likeness (QED) is 0.438. The second-order valence-corrected chi connectivity index (χ2v) is 1.73. The van der Waals surface area contributed by atoms with Gasteiger partial charge in [0, 0.05) is 12.1 Å². The molecule has 9 heavy (non-hydrogen) atoms. The fraction of sp³-hybridized carbons (Fsp3) is 0. The van der Waals surface area contributed by atoms with Gasteiger partial charge in [-0.15, -0.1) is 0 Å². The topological polar surface area (TPSA) is 84.9 Å². The van der Waals surface area contributed by atoms with Gasteiger partial charge in [-0.2, -0.15) is 0 Å². The van der Waals surface area contributed by atoms with Crippen molar-refractivity contribution in [1.82, 2.24) is 4.98 Å². The van der Waals surface area contributed by atoms with E-state index in [0.717, 1.165) is 0 Å². The van der Waals surface area contributed by atoms with Crippen LogP contribution in [0.3, 0.4) is 0 Å². The van der Waals surface area contributed by atoms with Crippen molar-refractivity contribution in [2.75, 3.05) is 11.5 Å². The van der Waals surface area contributed by atoms with E-state index in [1.165, 1.54) is 12.1 Å². The van der Waals surface area contributed by atoms with E-state index in [4.69, 9.17) is 11.5 Å². The molecule has 0 bridgehead atoms. The number of H-pyrrole nitrogens is 1. The Morgan fingerprint density at radius 1 is 1.22 bits per heavy atom. The van der Waals surface area contributed by atoms with E-state index in [0.29, 0.717) is 11.6 Å². The lowest BCUT2D eigenvalue weighted by molar-refractivity contribution is 1.32. The number of anilines is 2. The van der Waals surface area contributed by atoms with Crippen molar-refractivity contribution in [2.24, 2.45) is 0 Å². The normalized spacial score (nSPS) is 9.33. The third-order valence-corrected chi connectivity index (χ3v) is 0.884. The molecule has 4 heteroatoms. The zero-order chi connectivity index (χ0) is 6.85. The standard InChI is InChI=1S/C5H7N3O/c6-4-1-3(9)2-5(7)8-4/h1-2H,(H5,6,7,8,9). The summed E-state index contributed by atoms with van der Waals surface area (Å²) in [7, 11) is 0. The Bertz CT molecular complexity index is 242. The van der Waals surface area contributed by atoms with Crippen LogP contribution in [0.5, 0.6) is 0 Å². The van der Waals surface area contributed by atoms with Gasteiger partial charge in [-0.1, -0.05) is 0 Å². The lowest BCUT2D eigenvalue weighted by Gasteiger charge is -1.93. The van der Waals surface area contributed by atoms with Gasteiger partial charge in [0.05, 0.1) is 0 Å². The summed E-state index contributed by atoms with van der Waals surface area (Å²) in [5.74, 6) is 0.583. The van der Waals surface area contributed by atoms with Gasteiger partial charge in [-0.05, 0) is 0 Å². The van der Waals surface area contributed by atoms with Gasteiger partial charge < -0.3 is 16.5 Å². The van der Waals surface area contributed by atoms with Gasteiger partial charge in [0.15, 0.2) is 5.43 Å². The zero-order valence-corrected chi connectivity index (χ0v) is 4.72. The van der Waals surface area contributed by atoms with E-state index >= 15 is 0 Å². The molecule has 1 aromatic rings. The van der Waals surface area contributed by atoms with E-state index < -0.39 is 0 Å². The van der Waals surface area contributed by atoms with Crippen LogP contribution in [0, 0.1) is 0 Å². The molecule has 0 fully saturated rings. The first kappa shape index (κ1) is 5.68. The predicted molar refractivity (Wildman–Crippen MR) is 35.9 cm³/mol. The van der Waals surface area contributed by atoms with Gasteiger partial charge >= 0.3 is 0 Å². The summed E-state index contributed by atoms with van der Waals surface area (Å²) < 4.78 is 0. The molecule has 0 saturated carbocycles. The highest BCUT2D eigenvalue weighted by molar-refractivity contribution is 5.38. The number of pyridine rings is 1. The highest BCUT2D eigenvalue weighted by Crippen LogP contribution is 1.94. The van der Waals surface area contributed by atoms with Crippen LogP contribution in [0.15, 0.2) is 16.9 Å². The lowest BCUT2D eigenvalue weighted by atomic mass is 10.4. The monoisotopic (exact) mass is 125 g/mol. The number of nitrogens with two attached hydrogens (primary N) is 2. The first-order chi connectivity index (χ1) is 4.18. The molecule has 0 aliphatic carbocycles. The summed E-state index contributed by atoms with van der Waals surface area (Å²) in [6, 6.07) is 2.55. The van der Waals surface area contributed by atoms with Crippen molar-refractivity contribution in [2.45, 2.75) is 0 Å². The molecular weight excluding hydrogens is 118 g/mol. The van der Waals surface area contributed by atoms with Crippen molar-refractivity contribution in [3.8, 4) is 0 Å². The Balaban J connectivity index is 3.33. The molecule has 0 amide bonds. The number of hydrogen-bond acceptors (Lipinski definition) is 3. The molecule has 0 aromatic carbocycles. The van der Waals surface area contributed by atoms with Crippen LogP contribution in [-0.4, -0.2) is 4.98 Å². The molecule has 0 saturated heterocycles. The summed E-state index contributed by atoms with van der Waals surface area (Å²) in [6.45, 7) is 0. The van der Waals surface area contributed by atoms with Crippen molar-refractivity contribution in [3.05, 3.63) is 22.4 Å². The third-order valence-electron chi connectivity index (χ3n) is 0.884. The second-order valence-electron chi connectivity index (χ2n) is 1.73. The summed E-state index contributed by atoms with van der Waals surface area (Å²) >= 11 is 0. The number of aromatic amines is 1. The molecule has 48 valence electrons.